The summed E-state index contributed by atoms with van der Waals surface area (Å²) in [5, 5.41) is 13.1. The Morgan fingerprint density at radius 3 is 2.64 bits per heavy atom. The van der Waals surface area contributed by atoms with Crippen LogP contribution in [0.15, 0.2) is 41.3 Å². The molecule has 2 aromatic heterocycles. The van der Waals surface area contributed by atoms with Gasteiger partial charge in [-0.25, -0.2) is 4.79 Å². The van der Waals surface area contributed by atoms with Crippen LogP contribution in [0.4, 0.5) is 0 Å². The molecule has 1 amide bonds. The molecule has 0 fully saturated rings. The van der Waals surface area contributed by atoms with Gasteiger partial charge >= 0.3 is 5.97 Å². The van der Waals surface area contributed by atoms with E-state index in [0.717, 1.165) is 6.42 Å². The molecule has 0 aliphatic heterocycles. The fourth-order valence-electron chi connectivity index (χ4n) is 2.43. The molecule has 0 saturated heterocycles. The predicted octanol–water partition coefficient (Wildman–Crippen LogP) is 2.02. The average Bonchev–Trinajstić information content (AvgIpc) is 3.08. The molecular weight excluding hydrogens is 324 g/mol. The maximum Gasteiger partial charge on any atom is 0.331 e. The molecule has 134 valence electrons. The maximum absolute atomic E-state index is 12.6. The number of carbonyl (C=O) groups is 2. The van der Waals surface area contributed by atoms with Crippen molar-refractivity contribution < 1.29 is 23.8 Å². The number of pyridine rings is 1. The molecule has 0 aliphatic carbocycles. The quantitative estimate of drug-likeness (QED) is 0.709. The van der Waals surface area contributed by atoms with Gasteiger partial charge in [0.1, 0.15) is 11.9 Å². The lowest BCUT2D eigenvalue weighted by atomic mass is 10.0. The molecule has 0 bridgehead atoms. The van der Waals surface area contributed by atoms with Gasteiger partial charge < -0.3 is 19.6 Å². The number of rotatable bonds is 8. The van der Waals surface area contributed by atoms with E-state index in [9.17, 15) is 14.7 Å². The number of aliphatic hydroxyl groups excluding tert-OH is 1. The van der Waals surface area contributed by atoms with Gasteiger partial charge in [-0.2, -0.15) is 0 Å². The summed E-state index contributed by atoms with van der Waals surface area (Å²) in [5.41, 5.74) is 0.799. The van der Waals surface area contributed by atoms with Crippen LogP contribution in [-0.4, -0.2) is 34.6 Å². The molecule has 2 aromatic rings. The number of hydrogen-bond acceptors (Lipinski definition) is 6. The van der Waals surface area contributed by atoms with Gasteiger partial charge in [-0.15, -0.1) is 0 Å². The Morgan fingerprint density at radius 1 is 1.28 bits per heavy atom. The Balaban J connectivity index is 2.22. The van der Waals surface area contributed by atoms with Crippen LogP contribution in [0.3, 0.4) is 0 Å². The van der Waals surface area contributed by atoms with Crippen LogP contribution in [0.5, 0.6) is 0 Å². The van der Waals surface area contributed by atoms with Gasteiger partial charge in [0.2, 0.25) is 0 Å². The van der Waals surface area contributed by atoms with E-state index < -0.39 is 24.0 Å². The van der Waals surface area contributed by atoms with Crippen molar-refractivity contribution in [1.82, 2.24) is 10.3 Å². The number of nitrogens with one attached hydrogen (secondary N) is 1. The number of ether oxygens (including phenoxy) is 1. The number of amides is 1. The van der Waals surface area contributed by atoms with Crippen molar-refractivity contribution in [2.75, 3.05) is 6.61 Å². The Labute approximate surface area is 146 Å². The van der Waals surface area contributed by atoms with Crippen LogP contribution in [0, 0.1) is 0 Å². The number of hydrogen-bond donors (Lipinski definition) is 2. The van der Waals surface area contributed by atoms with Crippen LogP contribution < -0.4 is 5.32 Å². The third kappa shape index (κ3) is 4.67. The standard InChI is InChI=1S/C18H22N2O5/c1-3-5-14-13(8-11-25-14)17(22)20-15(18(23)24-4-2)16(21)12-6-9-19-10-7-12/h6-11,15-16,21H,3-5H2,1-2H3,(H,20,22). The van der Waals surface area contributed by atoms with Gasteiger partial charge in [0, 0.05) is 18.8 Å². The Hall–Kier alpha value is -2.67. The molecule has 2 atom stereocenters. The zero-order chi connectivity index (χ0) is 18.2. The van der Waals surface area contributed by atoms with E-state index in [2.05, 4.69) is 10.3 Å². The lowest BCUT2D eigenvalue weighted by Gasteiger charge is -2.22. The van der Waals surface area contributed by atoms with Crippen molar-refractivity contribution >= 4 is 11.9 Å². The van der Waals surface area contributed by atoms with E-state index >= 15 is 0 Å². The van der Waals surface area contributed by atoms with Crippen molar-refractivity contribution in [1.29, 1.82) is 0 Å². The second kappa shape index (κ2) is 8.98. The highest BCUT2D eigenvalue weighted by Gasteiger charge is 2.32. The second-order valence-corrected chi connectivity index (χ2v) is 5.44. The molecule has 2 unspecified atom stereocenters. The minimum atomic E-state index is -1.26. The highest BCUT2D eigenvalue weighted by molar-refractivity contribution is 5.97. The van der Waals surface area contributed by atoms with Gasteiger partial charge in [0.05, 0.1) is 18.4 Å². The summed E-state index contributed by atoms with van der Waals surface area (Å²) < 4.78 is 10.3. The molecule has 0 aromatic carbocycles. The number of carbonyl (C=O) groups excluding carboxylic acids is 2. The summed E-state index contributed by atoms with van der Waals surface area (Å²) in [5.74, 6) is -0.662. The molecule has 0 aliphatic rings. The van der Waals surface area contributed by atoms with E-state index in [4.69, 9.17) is 9.15 Å². The van der Waals surface area contributed by atoms with Crippen LogP contribution in [0.25, 0.3) is 0 Å². The van der Waals surface area contributed by atoms with Crippen molar-refractivity contribution in [3.63, 3.8) is 0 Å². The molecular formula is C18H22N2O5. The first-order valence-electron chi connectivity index (χ1n) is 8.20. The highest BCUT2D eigenvalue weighted by Crippen LogP contribution is 2.19. The molecule has 7 nitrogen and oxygen atoms in total. The minimum Gasteiger partial charge on any atom is -0.469 e. The van der Waals surface area contributed by atoms with E-state index in [1.165, 1.54) is 18.7 Å². The van der Waals surface area contributed by atoms with E-state index in [0.29, 0.717) is 23.3 Å². The normalized spacial score (nSPS) is 13.1. The summed E-state index contributed by atoms with van der Waals surface area (Å²) in [6.07, 6.45) is 4.59. The zero-order valence-electron chi connectivity index (χ0n) is 14.3. The Morgan fingerprint density at radius 2 is 2.00 bits per heavy atom. The van der Waals surface area contributed by atoms with E-state index in [1.807, 2.05) is 6.92 Å². The smallest absolute Gasteiger partial charge is 0.331 e. The topological polar surface area (TPSA) is 102 Å². The van der Waals surface area contributed by atoms with Gasteiger partial charge in [-0.3, -0.25) is 9.78 Å². The fourth-order valence-corrected chi connectivity index (χ4v) is 2.43. The lowest BCUT2D eigenvalue weighted by molar-refractivity contribution is -0.148. The molecule has 0 radical (unpaired) electrons. The first kappa shape index (κ1) is 18.7. The molecule has 7 heteroatoms. The van der Waals surface area contributed by atoms with Gasteiger partial charge in [-0.1, -0.05) is 6.92 Å². The maximum atomic E-state index is 12.6. The van der Waals surface area contributed by atoms with E-state index in [-0.39, 0.29) is 6.61 Å². The number of aromatic nitrogens is 1. The third-order valence-corrected chi connectivity index (χ3v) is 3.66. The monoisotopic (exact) mass is 346 g/mol. The third-order valence-electron chi connectivity index (χ3n) is 3.66. The van der Waals surface area contributed by atoms with Gasteiger partial charge in [0.15, 0.2) is 6.04 Å². The fraction of sp³-hybridized carbons (Fsp3) is 0.389. The van der Waals surface area contributed by atoms with Gasteiger partial charge in [0.25, 0.3) is 5.91 Å². The number of furan rings is 1. The number of nitrogens with zero attached hydrogens (tertiary/aromatic N) is 1. The molecule has 2 heterocycles. The first-order valence-corrected chi connectivity index (χ1v) is 8.20. The summed E-state index contributed by atoms with van der Waals surface area (Å²) >= 11 is 0. The number of esters is 1. The molecule has 2 rings (SSSR count). The first-order chi connectivity index (χ1) is 12.1. The number of aliphatic hydroxyl groups is 1. The molecule has 25 heavy (non-hydrogen) atoms. The summed E-state index contributed by atoms with van der Waals surface area (Å²) in [6, 6.07) is 3.45. The lowest BCUT2D eigenvalue weighted by Crippen LogP contribution is -2.46. The van der Waals surface area contributed by atoms with Crippen LogP contribution in [0.1, 0.15) is 48.1 Å². The SMILES string of the molecule is CCCc1occc1C(=O)NC(C(=O)OCC)C(O)c1ccncc1. The predicted molar refractivity (Wildman–Crippen MR) is 89.8 cm³/mol. The van der Waals surface area contributed by atoms with Crippen molar-refractivity contribution in [3.8, 4) is 0 Å². The summed E-state index contributed by atoms with van der Waals surface area (Å²) in [6.45, 7) is 3.77. The zero-order valence-corrected chi connectivity index (χ0v) is 14.3. The Bertz CT molecular complexity index is 699. The Kier molecular flexibility index (Phi) is 6.71. The second-order valence-electron chi connectivity index (χ2n) is 5.44. The van der Waals surface area contributed by atoms with Gasteiger partial charge in [-0.05, 0) is 37.1 Å². The number of aryl methyl sites for hydroxylation is 1. The molecule has 0 saturated carbocycles. The molecule has 0 spiro atoms. The van der Waals surface area contributed by atoms with Crippen molar-refractivity contribution in [2.45, 2.75) is 38.8 Å². The largest absolute Gasteiger partial charge is 0.469 e. The van der Waals surface area contributed by atoms with Crippen LogP contribution in [-0.2, 0) is 16.0 Å². The highest BCUT2D eigenvalue weighted by atomic mass is 16.5. The van der Waals surface area contributed by atoms with E-state index in [1.54, 1.807) is 25.1 Å². The molecule has 2 N–H and O–H groups in total. The average molecular weight is 346 g/mol. The van der Waals surface area contributed by atoms with Crippen molar-refractivity contribution in [3.05, 3.63) is 53.7 Å². The van der Waals surface area contributed by atoms with Crippen LogP contribution >= 0.6 is 0 Å². The minimum absolute atomic E-state index is 0.140. The van der Waals surface area contributed by atoms with Crippen LogP contribution in [0.2, 0.25) is 0 Å². The summed E-state index contributed by atoms with van der Waals surface area (Å²) in [7, 11) is 0. The summed E-state index contributed by atoms with van der Waals surface area (Å²) in [4.78, 5) is 28.7. The van der Waals surface area contributed by atoms with Crippen molar-refractivity contribution in [2.24, 2.45) is 0 Å².